The van der Waals surface area contributed by atoms with Crippen molar-refractivity contribution in [2.75, 3.05) is 0 Å². The van der Waals surface area contributed by atoms with Gasteiger partial charge < -0.3 is 10.3 Å². The maximum Gasteiger partial charge on any atom is 0.262 e. The first-order valence-corrected chi connectivity index (χ1v) is 9.29. The molecule has 28 heavy (non-hydrogen) atoms. The van der Waals surface area contributed by atoms with Crippen molar-refractivity contribution in [3.05, 3.63) is 70.9 Å². The minimum absolute atomic E-state index is 0.119. The number of nitrogens with one attached hydrogen (secondary N) is 3. The van der Waals surface area contributed by atoms with E-state index in [2.05, 4.69) is 20.8 Å². The largest absolute Gasteiger partial charge is 0.361 e. The minimum atomic E-state index is -0.730. The van der Waals surface area contributed by atoms with Crippen molar-refractivity contribution in [1.29, 1.82) is 0 Å². The van der Waals surface area contributed by atoms with Crippen LogP contribution < -0.4 is 10.7 Å². The Morgan fingerprint density at radius 3 is 2.68 bits per heavy atom. The summed E-state index contributed by atoms with van der Waals surface area (Å²) in [5.74, 6) is -0.871. The standard InChI is InChI=1S/C21H21ClN4O2/c1-13(2)19(25-20(27)14-6-5-7-16(22)10-14)21(28)26-24-12-15-11-23-18-9-4-3-8-17(15)18/h3-13,19,23H,1-2H3,(H,25,27)(H,26,28). The van der Waals surface area contributed by atoms with Crippen molar-refractivity contribution >= 4 is 40.5 Å². The molecule has 0 spiro atoms. The van der Waals surface area contributed by atoms with E-state index in [-0.39, 0.29) is 17.7 Å². The first-order chi connectivity index (χ1) is 13.5. The Labute approximate surface area is 168 Å². The predicted octanol–water partition coefficient (Wildman–Crippen LogP) is 3.73. The van der Waals surface area contributed by atoms with Crippen molar-refractivity contribution in [3.8, 4) is 0 Å². The second-order valence-corrected chi connectivity index (χ2v) is 7.17. The summed E-state index contributed by atoms with van der Waals surface area (Å²) < 4.78 is 0. The topological polar surface area (TPSA) is 86.3 Å². The first kappa shape index (κ1) is 19.6. The van der Waals surface area contributed by atoms with Crippen LogP contribution in [-0.2, 0) is 4.79 Å². The summed E-state index contributed by atoms with van der Waals surface area (Å²) >= 11 is 5.93. The molecule has 0 aliphatic carbocycles. The zero-order chi connectivity index (χ0) is 20.1. The van der Waals surface area contributed by atoms with Gasteiger partial charge in [0.2, 0.25) is 0 Å². The number of fused-ring (bicyclic) bond motifs is 1. The number of carbonyl (C=O) groups is 2. The van der Waals surface area contributed by atoms with E-state index >= 15 is 0 Å². The van der Waals surface area contributed by atoms with E-state index in [9.17, 15) is 9.59 Å². The van der Waals surface area contributed by atoms with Gasteiger partial charge in [-0.05, 0) is 30.2 Å². The van der Waals surface area contributed by atoms with Crippen LogP contribution >= 0.6 is 11.6 Å². The number of carbonyl (C=O) groups excluding carboxylic acids is 2. The van der Waals surface area contributed by atoms with E-state index in [4.69, 9.17) is 11.6 Å². The fourth-order valence-corrected chi connectivity index (χ4v) is 3.02. The Morgan fingerprint density at radius 1 is 1.14 bits per heavy atom. The Bertz CT molecular complexity index is 1030. The molecule has 7 heteroatoms. The van der Waals surface area contributed by atoms with Crippen molar-refractivity contribution < 1.29 is 9.59 Å². The van der Waals surface area contributed by atoms with E-state index in [1.807, 2.05) is 44.3 Å². The lowest BCUT2D eigenvalue weighted by Gasteiger charge is -2.20. The number of aromatic amines is 1. The van der Waals surface area contributed by atoms with Crippen LogP contribution in [0, 0.1) is 5.92 Å². The van der Waals surface area contributed by atoms with Gasteiger partial charge in [0.05, 0.1) is 6.21 Å². The number of amides is 2. The lowest BCUT2D eigenvalue weighted by atomic mass is 10.0. The van der Waals surface area contributed by atoms with Gasteiger partial charge in [-0.2, -0.15) is 5.10 Å². The molecule has 3 aromatic rings. The van der Waals surface area contributed by atoms with Crippen LogP contribution in [0.3, 0.4) is 0 Å². The van der Waals surface area contributed by atoms with Crippen LogP contribution in [0.1, 0.15) is 29.8 Å². The van der Waals surface area contributed by atoms with Gasteiger partial charge in [0.1, 0.15) is 6.04 Å². The van der Waals surface area contributed by atoms with Gasteiger partial charge in [-0.15, -0.1) is 0 Å². The molecule has 1 atom stereocenters. The molecule has 3 N–H and O–H groups in total. The Morgan fingerprint density at radius 2 is 1.93 bits per heavy atom. The van der Waals surface area contributed by atoms with Crippen LogP contribution in [0.25, 0.3) is 10.9 Å². The summed E-state index contributed by atoms with van der Waals surface area (Å²) in [5, 5.41) is 8.26. The average Bonchev–Trinajstić information content (AvgIpc) is 3.09. The van der Waals surface area contributed by atoms with E-state index in [1.54, 1.807) is 30.5 Å². The lowest BCUT2D eigenvalue weighted by molar-refractivity contribution is -0.123. The van der Waals surface area contributed by atoms with Crippen LogP contribution in [0.2, 0.25) is 5.02 Å². The molecular formula is C21H21ClN4O2. The minimum Gasteiger partial charge on any atom is -0.361 e. The summed E-state index contributed by atoms with van der Waals surface area (Å²) in [4.78, 5) is 28.1. The summed E-state index contributed by atoms with van der Waals surface area (Å²) in [6.45, 7) is 3.71. The number of H-pyrrole nitrogens is 1. The Hall–Kier alpha value is -3.12. The number of hydrogen-bond donors (Lipinski definition) is 3. The number of benzene rings is 2. The quantitative estimate of drug-likeness (QED) is 0.438. The van der Waals surface area contributed by atoms with Crippen LogP contribution in [0.5, 0.6) is 0 Å². The van der Waals surface area contributed by atoms with Crippen molar-refractivity contribution in [3.63, 3.8) is 0 Å². The molecule has 1 aromatic heterocycles. The molecule has 0 saturated carbocycles. The first-order valence-electron chi connectivity index (χ1n) is 8.91. The van der Waals surface area contributed by atoms with Crippen LogP contribution in [0.15, 0.2) is 59.8 Å². The molecule has 0 aliphatic rings. The molecule has 2 aromatic carbocycles. The van der Waals surface area contributed by atoms with Gasteiger partial charge in [0.25, 0.3) is 11.8 Å². The number of hydrogen-bond acceptors (Lipinski definition) is 3. The number of halogens is 1. The lowest BCUT2D eigenvalue weighted by Crippen LogP contribution is -2.48. The van der Waals surface area contributed by atoms with Crippen LogP contribution in [0.4, 0.5) is 0 Å². The number of hydrazone groups is 1. The van der Waals surface area contributed by atoms with Crippen LogP contribution in [-0.4, -0.2) is 29.1 Å². The van der Waals surface area contributed by atoms with E-state index in [1.165, 1.54) is 0 Å². The summed E-state index contributed by atoms with van der Waals surface area (Å²) in [5.41, 5.74) is 4.76. The maximum absolute atomic E-state index is 12.5. The monoisotopic (exact) mass is 396 g/mol. The zero-order valence-electron chi connectivity index (χ0n) is 15.6. The normalized spacial score (nSPS) is 12.4. The average molecular weight is 397 g/mol. The van der Waals surface area contributed by atoms with E-state index < -0.39 is 6.04 Å². The third kappa shape index (κ3) is 4.58. The smallest absolute Gasteiger partial charge is 0.262 e. The molecule has 1 unspecified atom stereocenters. The predicted molar refractivity (Wildman–Crippen MR) is 112 cm³/mol. The third-order valence-corrected chi connectivity index (χ3v) is 4.56. The van der Waals surface area contributed by atoms with Crippen molar-refractivity contribution in [1.82, 2.24) is 15.7 Å². The number of para-hydroxylation sites is 1. The highest BCUT2D eigenvalue weighted by molar-refractivity contribution is 6.31. The SMILES string of the molecule is CC(C)C(NC(=O)c1cccc(Cl)c1)C(=O)NN=Cc1c[nH]c2ccccc12. The summed E-state index contributed by atoms with van der Waals surface area (Å²) in [7, 11) is 0. The number of rotatable bonds is 6. The van der Waals surface area contributed by atoms with Gasteiger partial charge in [0, 0.05) is 33.2 Å². The summed E-state index contributed by atoms with van der Waals surface area (Å²) in [6.07, 6.45) is 3.40. The molecule has 3 rings (SSSR count). The second kappa shape index (κ2) is 8.71. The van der Waals surface area contributed by atoms with Gasteiger partial charge in [-0.25, -0.2) is 5.43 Å². The van der Waals surface area contributed by atoms with Gasteiger partial charge in [-0.3, -0.25) is 9.59 Å². The fourth-order valence-electron chi connectivity index (χ4n) is 2.83. The molecule has 1 heterocycles. The maximum atomic E-state index is 12.5. The van der Waals surface area contributed by atoms with Gasteiger partial charge in [-0.1, -0.05) is 49.7 Å². The second-order valence-electron chi connectivity index (χ2n) is 6.73. The molecule has 144 valence electrons. The number of nitrogens with zero attached hydrogens (tertiary/aromatic N) is 1. The molecular weight excluding hydrogens is 376 g/mol. The zero-order valence-corrected chi connectivity index (χ0v) is 16.3. The van der Waals surface area contributed by atoms with E-state index in [0.717, 1.165) is 16.5 Å². The molecule has 2 amide bonds. The molecule has 0 fully saturated rings. The third-order valence-electron chi connectivity index (χ3n) is 4.32. The molecule has 0 aliphatic heterocycles. The Kier molecular flexibility index (Phi) is 6.11. The number of aromatic nitrogens is 1. The highest BCUT2D eigenvalue weighted by Crippen LogP contribution is 2.15. The fraction of sp³-hybridized carbons (Fsp3) is 0.190. The molecule has 0 radical (unpaired) electrons. The van der Waals surface area contributed by atoms with Gasteiger partial charge >= 0.3 is 0 Å². The molecule has 0 bridgehead atoms. The van der Waals surface area contributed by atoms with Crippen molar-refractivity contribution in [2.24, 2.45) is 11.0 Å². The van der Waals surface area contributed by atoms with Gasteiger partial charge in [0.15, 0.2) is 0 Å². The Balaban J connectivity index is 1.67. The highest BCUT2D eigenvalue weighted by Gasteiger charge is 2.24. The highest BCUT2D eigenvalue weighted by atomic mass is 35.5. The molecule has 0 saturated heterocycles. The van der Waals surface area contributed by atoms with E-state index in [0.29, 0.717) is 10.6 Å². The summed E-state index contributed by atoms with van der Waals surface area (Å²) in [6, 6.07) is 13.7. The molecule has 6 nitrogen and oxygen atoms in total. The van der Waals surface area contributed by atoms with Crippen molar-refractivity contribution in [2.45, 2.75) is 19.9 Å².